The molecule has 0 aliphatic rings. The fraction of sp³-hybridized carbons (Fsp3) is 0.310. The minimum atomic E-state index is -4.20. The van der Waals surface area contributed by atoms with Gasteiger partial charge >= 0.3 is 0 Å². The number of amides is 2. The second-order valence-corrected chi connectivity index (χ2v) is 11.8. The van der Waals surface area contributed by atoms with E-state index in [9.17, 15) is 18.0 Å². The van der Waals surface area contributed by atoms with Crippen LogP contribution in [0, 0.1) is 0 Å². The van der Waals surface area contributed by atoms with Crippen LogP contribution in [0.5, 0.6) is 5.75 Å². The van der Waals surface area contributed by atoms with Gasteiger partial charge in [0.2, 0.25) is 11.8 Å². The van der Waals surface area contributed by atoms with Crippen LogP contribution in [0.4, 0.5) is 5.69 Å². The molecule has 1 N–H and O–H groups in total. The number of carbonyl (C=O) groups is 2. The summed E-state index contributed by atoms with van der Waals surface area (Å²) in [6.07, 6.45) is 1.69. The second kappa shape index (κ2) is 14.4. The standard InChI is InChI=1S/C29H33Cl2N3O5S/c1-4-5-16-32-29(36)21(2)33(19-22-10-9-11-24(17-22)39-3)28(35)20-34(23-14-15-26(30)27(31)18-23)40(37,38)25-12-7-6-8-13-25/h6-15,17-18,21H,4-5,16,19-20H2,1-3H3,(H,32,36). The van der Waals surface area contributed by atoms with E-state index in [-0.39, 0.29) is 33.1 Å². The minimum Gasteiger partial charge on any atom is -0.497 e. The van der Waals surface area contributed by atoms with Crippen LogP contribution in [0.25, 0.3) is 0 Å². The Kier molecular flexibility index (Phi) is 11.2. The van der Waals surface area contributed by atoms with E-state index in [0.717, 1.165) is 17.1 Å². The van der Waals surface area contributed by atoms with Gasteiger partial charge in [0, 0.05) is 13.1 Å². The number of unbranched alkanes of at least 4 members (excludes halogenated alkanes) is 1. The monoisotopic (exact) mass is 605 g/mol. The van der Waals surface area contributed by atoms with Crippen molar-refractivity contribution in [3.8, 4) is 5.75 Å². The van der Waals surface area contributed by atoms with Crippen LogP contribution < -0.4 is 14.4 Å². The molecule has 0 aromatic heterocycles. The Morgan fingerprint density at radius 3 is 2.35 bits per heavy atom. The number of benzene rings is 3. The maximum atomic E-state index is 13.9. The van der Waals surface area contributed by atoms with Crippen molar-refractivity contribution in [1.82, 2.24) is 10.2 Å². The lowest BCUT2D eigenvalue weighted by Gasteiger charge is -2.32. The van der Waals surface area contributed by atoms with Crippen LogP contribution in [0.1, 0.15) is 32.3 Å². The lowest BCUT2D eigenvalue weighted by atomic mass is 10.1. The van der Waals surface area contributed by atoms with Gasteiger partial charge in [0.1, 0.15) is 18.3 Å². The van der Waals surface area contributed by atoms with Crippen molar-refractivity contribution >= 4 is 50.7 Å². The summed E-state index contributed by atoms with van der Waals surface area (Å²) in [5.41, 5.74) is 0.876. The molecule has 2 amide bonds. The topological polar surface area (TPSA) is 96.0 Å². The molecule has 0 aliphatic carbocycles. The first-order chi connectivity index (χ1) is 19.1. The number of nitrogens with one attached hydrogen (secondary N) is 1. The van der Waals surface area contributed by atoms with Gasteiger partial charge in [-0.05, 0) is 61.4 Å². The number of hydrogen-bond donors (Lipinski definition) is 1. The third-order valence-corrected chi connectivity index (χ3v) is 8.81. The number of hydrogen-bond acceptors (Lipinski definition) is 5. The summed E-state index contributed by atoms with van der Waals surface area (Å²) >= 11 is 12.3. The van der Waals surface area contributed by atoms with Crippen molar-refractivity contribution < 1.29 is 22.7 Å². The van der Waals surface area contributed by atoms with E-state index >= 15 is 0 Å². The summed E-state index contributed by atoms with van der Waals surface area (Å²) in [4.78, 5) is 28.3. The highest BCUT2D eigenvalue weighted by molar-refractivity contribution is 7.92. The number of halogens is 2. The number of nitrogens with zero attached hydrogens (tertiary/aromatic N) is 2. The lowest BCUT2D eigenvalue weighted by Crippen LogP contribution is -2.51. The molecule has 214 valence electrons. The fourth-order valence-corrected chi connectivity index (χ4v) is 5.69. The summed E-state index contributed by atoms with van der Waals surface area (Å²) in [6.45, 7) is 3.58. The van der Waals surface area contributed by atoms with E-state index in [1.807, 2.05) is 13.0 Å². The molecule has 0 aliphatic heterocycles. The molecule has 3 rings (SSSR count). The Hall–Kier alpha value is -3.27. The summed E-state index contributed by atoms with van der Waals surface area (Å²) in [5, 5.41) is 3.24. The number of rotatable bonds is 13. The van der Waals surface area contributed by atoms with E-state index in [1.54, 1.807) is 43.3 Å². The van der Waals surface area contributed by atoms with Gasteiger partial charge in [-0.1, -0.05) is 66.9 Å². The van der Waals surface area contributed by atoms with Gasteiger partial charge in [0.15, 0.2) is 0 Å². The third-order valence-electron chi connectivity index (χ3n) is 6.29. The quantitative estimate of drug-likeness (QED) is 0.258. The van der Waals surface area contributed by atoms with Crippen molar-refractivity contribution in [3.05, 3.63) is 88.4 Å². The van der Waals surface area contributed by atoms with E-state index in [2.05, 4.69) is 5.32 Å². The Morgan fingerprint density at radius 2 is 1.70 bits per heavy atom. The average molecular weight is 607 g/mol. The van der Waals surface area contributed by atoms with Crippen LogP contribution >= 0.6 is 23.2 Å². The zero-order chi connectivity index (χ0) is 29.3. The fourth-order valence-electron chi connectivity index (χ4n) is 3.97. The molecule has 1 atom stereocenters. The predicted molar refractivity (Wildman–Crippen MR) is 158 cm³/mol. The number of carbonyl (C=O) groups excluding carboxylic acids is 2. The lowest BCUT2D eigenvalue weighted by molar-refractivity contribution is -0.139. The summed E-state index contributed by atoms with van der Waals surface area (Å²) in [5.74, 6) is -0.322. The average Bonchev–Trinajstić information content (AvgIpc) is 2.96. The molecule has 3 aromatic carbocycles. The molecular weight excluding hydrogens is 573 g/mol. The van der Waals surface area contributed by atoms with Crippen LogP contribution in [-0.2, 0) is 26.2 Å². The molecule has 11 heteroatoms. The molecule has 0 radical (unpaired) electrons. The van der Waals surface area contributed by atoms with Gasteiger partial charge in [-0.25, -0.2) is 8.42 Å². The van der Waals surface area contributed by atoms with E-state index in [0.29, 0.717) is 17.9 Å². The molecule has 0 saturated carbocycles. The molecule has 0 heterocycles. The van der Waals surface area contributed by atoms with Gasteiger partial charge < -0.3 is 15.0 Å². The highest BCUT2D eigenvalue weighted by Gasteiger charge is 2.32. The smallest absolute Gasteiger partial charge is 0.264 e. The molecule has 0 fully saturated rings. The highest BCUT2D eigenvalue weighted by atomic mass is 35.5. The van der Waals surface area contributed by atoms with Crippen molar-refractivity contribution in [2.75, 3.05) is 24.5 Å². The largest absolute Gasteiger partial charge is 0.497 e. The number of anilines is 1. The van der Waals surface area contributed by atoms with Gasteiger partial charge in [-0.2, -0.15) is 0 Å². The first kappa shape index (κ1) is 31.3. The molecular formula is C29H33Cl2N3O5S. The van der Waals surface area contributed by atoms with Gasteiger partial charge in [-0.3, -0.25) is 13.9 Å². The van der Waals surface area contributed by atoms with E-state index < -0.39 is 28.5 Å². The number of ether oxygens (including phenoxy) is 1. The normalized spacial score (nSPS) is 11.9. The van der Waals surface area contributed by atoms with E-state index in [4.69, 9.17) is 27.9 Å². The zero-order valence-electron chi connectivity index (χ0n) is 22.6. The molecule has 1 unspecified atom stereocenters. The third kappa shape index (κ3) is 7.90. The first-order valence-electron chi connectivity index (χ1n) is 12.8. The van der Waals surface area contributed by atoms with Crippen molar-refractivity contribution in [1.29, 1.82) is 0 Å². The van der Waals surface area contributed by atoms with Crippen LogP contribution in [0.15, 0.2) is 77.7 Å². The van der Waals surface area contributed by atoms with E-state index in [1.165, 1.54) is 42.3 Å². The maximum Gasteiger partial charge on any atom is 0.264 e. The SMILES string of the molecule is CCCCNC(=O)C(C)N(Cc1cccc(OC)c1)C(=O)CN(c1ccc(Cl)c(Cl)c1)S(=O)(=O)c1ccccc1. The Balaban J connectivity index is 2.02. The molecule has 40 heavy (non-hydrogen) atoms. The summed E-state index contributed by atoms with van der Waals surface area (Å²) in [6, 6.07) is 18.4. The van der Waals surface area contributed by atoms with Crippen molar-refractivity contribution in [2.45, 2.75) is 44.2 Å². The maximum absolute atomic E-state index is 13.9. The Morgan fingerprint density at radius 1 is 0.975 bits per heavy atom. The molecule has 0 saturated heterocycles. The zero-order valence-corrected chi connectivity index (χ0v) is 25.0. The van der Waals surface area contributed by atoms with Crippen molar-refractivity contribution in [3.63, 3.8) is 0 Å². The van der Waals surface area contributed by atoms with Gasteiger partial charge in [0.25, 0.3) is 10.0 Å². The number of sulfonamides is 1. The van der Waals surface area contributed by atoms with Gasteiger partial charge in [0.05, 0.1) is 27.7 Å². The molecule has 3 aromatic rings. The molecule has 0 spiro atoms. The van der Waals surface area contributed by atoms with Gasteiger partial charge in [-0.15, -0.1) is 0 Å². The Labute approximate surface area is 245 Å². The van der Waals surface area contributed by atoms with Crippen LogP contribution in [-0.4, -0.2) is 51.4 Å². The highest BCUT2D eigenvalue weighted by Crippen LogP contribution is 2.31. The summed E-state index contributed by atoms with van der Waals surface area (Å²) < 4.78 is 33.9. The Bertz CT molecular complexity index is 1420. The predicted octanol–water partition coefficient (Wildman–Crippen LogP) is 5.53. The molecule has 8 nitrogen and oxygen atoms in total. The summed E-state index contributed by atoms with van der Waals surface area (Å²) in [7, 11) is -2.66. The van der Waals surface area contributed by atoms with Crippen molar-refractivity contribution in [2.24, 2.45) is 0 Å². The number of methoxy groups -OCH3 is 1. The first-order valence-corrected chi connectivity index (χ1v) is 15.0. The minimum absolute atomic E-state index is 0.00132. The molecule has 0 bridgehead atoms. The second-order valence-electron chi connectivity index (χ2n) is 9.12. The van der Waals surface area contributed by atoms with Crippen LogP contribution in [0.3, 0.4) is 0 Å². The van der Waals surface area contributed by atoms with Crippen LogP contribution in [0.2, 0.25) is 10.0 Å².